The molecule has 0 unspecified atom stereocenters. The Labute approximate surface area is 181 Å². The maximum atomic E-state index is 13.2. The molecule has 0 aliphatic carbocycles. The number of nitrogens with one attached hydrogen (secondary N) is 1. The van der Waals surface area contributed by atoms with E-state index in [9.17, 15) is 9.59 Å². The lowest BCUT2D eigenvalue weighted by Crippen LogP contribution is -2.52. The van der Waals surface area contributed by atoms with Gasteiger partial charge in [-0.3, -0.25) is 14.7 Å². The minimum Gasteiger partial charge on any atom is -0.487 e. The molecule has 1 aromatic heterocycles. The minimum atomic E-state index is -0.0987. The largest absolute Gasteiger partial charge is 0.487 e. The van der Waals surface area contributed by atoms with Crippen molar-refractivity contribution in [2.45, 2.75) is 32.4 Å². The van der Waals surface area contributed by atoms with Crippen LogP contribution in [0.1, 0.15) is 25.3 Å². The first kappa shape index (κ1) is 20.5. The van der Waals surface area contributed by atoms with Gasteiger partial charge in [0.15, 0.2) is 0 Å². The normalized spacial score (nSPS) is 19.1. The number of hydrogen-bond donors (Lipinski definition) is 1. The molecule has 0 saturated carbocycles. The fourth-order valence-electron chi connectivity index (χ4n) is 3.93. The van der Waals surface area contributed by atoms with Gasteiger partial charge in [-0.1, -0.05) is 17.7 Å². The topological polar surface area (TPSA) is 74.8 Å². The summed E-state index contributed by atoms with van der Waals surface area (Å²) in [6.07, 6.45) is 4.65. The minimum absolute atomic E-state index is 0.0306. The van der Waals surface area contributed by atoms with Crippen molar-refractivity contribution in [1.29, 1.82) is 0 Å². The van der Waals surface area contributed by atoms with Gasteiger partial charge in [0.25, 0.3) is 0 Å². The van der Waals surface area contributed by atoms with Gasteiger partial charge in [0.05, 0.1) is 12.2 Å². The van der Waals surface area contributed by atoms with Gasteiger partial charge >= 0.3 is 6.03 Å². The zero-order valence-electron chi connectivity index (χ0n) is 16.9. The Kier molecular flexibility index (Phi) is 6.08. The second-order valence-corrected chi connectivity index (χ2v) is 8.21. The number of benzene rings is 1. The highest BCUT2D eigenvalue weighted by molar-refractivity contribution is 6.31. The molecule has 1 N–H and O–H groups in total. The van der Waals surface area contributed by atoms with Crippen molar-refractivity contribution in [3.63, 3.8) is 0 Å². The van der Waals surface area contributed by atoms with E-state index >= 15 is 0 Å². The van der Waals surface area contributed by atoms with E-state index in [-0.39, 0.29) is 24.0 Å². The number of likely N-dealkylation sites (tertiary alicyclic amines) is 1. The first-order chi connectivity index (χ1) is 14.5. The molecule has 0 bridgehead atoms. The summed E-state index contributed by atoms with van der Waals surface area (Å²) < 4.78 is 5.84. The number of amides is 3. The average molecular weight is 429 g/mol. The predicted molar refractivity (Wildman–Crippen MR) is 115 cm³/mol. The van der Waals surface area contributed by atoms with Gasteiger partial charge in [0, 0.05) is 43.0 Å². The van der Waals surface area contributed by atoms with E-state index < -0.39 is 0 Å². The Morgan fingerprint density at radius 1 is 1.27 bits per heavy atom. The van der Waals surface area contributed by atoms with Crippen LogP contribution in [-0.2, 0) is 11.3 Å². The second-order valence-electron chi connectivity index (χ2n) is 7.77. The standard InChI is InChI=1S/C22H25ClN4O3/c1-15-14-27(19-11-18(23)4-5-20(19)30-15)22(29)26-9-6-17(7-10-26)21(28)25-13-16-3-2-8-24-12-16/h2-5,8,11-12,15,17H,6-7,9-10,13-14H2,1H3,(H,25,28)/t15-/m1/s1. The maximum absolute atomic E-state index is 13.2. The van der Waals surface area contributed by atoms with Crippen molar-refractivity contribution in [1.82, 2.24) is 15.2 Å². The number of fused-ring (bicyclic) bond motifs is 1. The number of anilines is 1. The highest BCUT2D eigenvalue weighted by atomic mass is 35.5. The van der Waals surface area contributed by atoms with Crippen LogP contribution in [-0.4, -0.2) is 47.6 Å². The number of carbonyl (C=O) groups excluding carboxylic acids is 2. The molecule has 30 heavy (non-hydrogen) atoms. The van der Waals surface area contributed by atoms with E-state index in [0.717, 1.165) is 5.56 Å². The summed E-state index contributed by atoms with van der Waals surface area (Å²) in [6, 6.07) is 9.04. The molecule has 3 amide bonds. The maximum Gasteiger partial charge on any atom is 0.324 e. The third-order valence-corrected chi connectivity index (χ3v) is 5.77. The van der Waals surface area contributed by atoms with Gasteiger partial charge in [-0.15, -0.1) is 0 Å². The summed E-state index contributed by atoms with van der Waals surface area (Å²) in [4.78, 5) is 33.3. The molecule has 158 valence electrons. The first-order valence-corrected chi connectivity index (χ1v) is 10.6. The molecule has 1 fully saturated rings. The molecule has 2 aliphatic rings. The van der Waals surface area contributed by atoms with Crippen LogP contribution in [0.25, 0.3) is 0 Å². The summed E-state index contributed by atoms with van der Waals surface area (Å²) in [5, 5.41) is 3.54. The molecule has 7 nitrogen and oxygen atoms in total. The Bertz CT molecular complexity index is 916. The second kappa shape index (κ2) is 8.92. The lowest BCUT2D eigenvalue weighted by Gasteiger charge is -2.39. The molecular formula is C22H25ClN4O3. The summed E-state index contributed by atoms with van der Waals surface area (Å²) in [5.41, 5.74) is 1.67. The Morgan fingerprint density at radius 2 is 2.07 bits per heavy atom. The molecule has 2 aliphatic heterocycles. The monoisotopic (exact) mass is 428 g/mol. The summed E-state index contributed by atoms with van der Waals surface area (Å²) in [7, 11) is 0. The molecule has 1 aromatic carbocycles. The zero-order valence-corrected chi connectivity index (χ0v) is 17.6. The van der Waals surface area contributed by atoms with Gasteiger partial charge in [-0.05, 0) is 49.6 Å². The van der Waals surface area contributed by atoms with Crippen LogP contribution in [0, 0.1) is 5.92 Å². The number of aromatic nitrogens is 1. The SMILES string of the molecule is C[C@@H]1CN(C(=O)N2CCC(C(=O)NCc3cccnc3)CC2)c2cc(Cl)ccc2O1. The van der Waals surface area contributed by atoms with Crippen molar-refractivity contribution >= 4 is 29.2 Å². The van der Waals surface area contributed by atoms with Gasteiger partial charge in [0.1, 0.15) is 11.9 Å². The number of nitrogens with zero attached hydrogens (tertiary/aromatic N) is 3. The highest BCUT2D eigenvalue weighted by Gasteiger charge is 2.34. The fourth-order valence-corrected chi connectivity index (χ4v) is 4.10. The van der Waals surface area contributed by atoms with E-state index in [1.165, 1.54) is 0 Å². The van der Waals surface area contributed by atoms with Crippen LogP contribution in [0.4, 0.5) is 10.5 Å². The Morgan fingerprint density at radius 3 is 2.80 bits per heavy atom. The number of ether oxygens (including phenoxy) is 1. The molecule has 4 rings (SSSR count). The summed E-state index contributed by atoms with van der Waals surface area (Å²) >= 11 is 6.14. The van der Waals surface area contributed by atoms with Crippen molar-refractivity contribution in [2.24, 2.45) is 5.92 Å². The lowest BCUT2D eigenvalue weighted by molar-refractivity contribution is -0.126. The van der Waals surface area contributed by atoms with E-state index in [4.69, 9.17) is 16.3 Å². The third-order valence-electron chi connectivity index (χ3n) is 5.54. The van der Waals surface area contributed by atoms with Crippen molar-refractivity contribution in [3.05, 3.63) is 53.3 Å². The summed E-state index contributed by atoms with van der Waals surface area (Å²) in [5.74, 6) is 0.607. The lowest BCUT2D eigenvalue weighted by atomic mass is 9.96. The number of hydrogen-bond acceptors (Lipinski definition) is 4. The van der Waals surface area contributed by atoms with Gasteiger partial charge < -0.3 is 15.0 Å². The van der Waals surface area contributed by atoms with Gasteiger partial charge in [-0.25, -0.2) is 4.79 Å². The third kappa shape index (κ3) is 4.51. The van der Waals surface area contributed by atoms with Gasteiger partial charge in [0.2, 0.25) is 5.91 Å². The highest BCUT2D eigenvalue weighted by Crippen LogP contribution is 2.36. The number of rotatable bonds is 3. The van der Waals surface area contributed by atoms with Crippen LogP contribution in [0.2, 0.25) is 5.02 Å². The van der Waals surface area contributed by atoms with Crippen LogP contribution in [0.15, 0.2) is 42.7 Å². The van der Waals surface area contributed by atoms with E-state index in [0.29, 0.717) is 55.5 Å². The smallest absolute Gasteiger partial charge is 0.324 e. The number of urea groups is 1. The molecule has 0 spiro atoms. The Balaban J connectivity index is 1.34. The number of carbonyl (C=O) groups is 2. The van der Waals surface area contributed by atoms with Crippen LogP contribution < -0.4 is 15.0 Å². The molecular weight excluding hydrogens is 404 g/mol. The number of halogens is 1. The van der Waals surface area contributed by atoms with Crippen LogP contribution >= 0.6 is 11.6 Å². The van der Waals surface area contributed by atoms with Crippen molar-refractivity contribution in [3.8, 4) is 5.75 Å². The fraction of sp³-hybridized carbons (Fsp3) is 0.409. The number of pyridine rings is 1. The molecule has 2 aromatic rings. The Hall–Kier alpha value is -2.80. The molecule has 1 saturated heterocycles. The number of piperidine rings is 1. The molecule has 0 radical (unpaired) electrons. The molecule has 8 heteroatoms. The van der Waals surface area contributed by atoms with E-state index in [2.05, 4.69) is 10.3 Å². The average Bonchev–Trinajstić information content (AvgIpc) is 2.77. The van der Waals surface area contributed by atoms with E-state index in [1.807, 2.05) is 24.0 Å². The van der Waals surface area contributed by atoms with Crippen molar-refractivity contribution < 1.29 is 14.3 Å². The van der Waals surface area contributed by atoms with Crippen LogP contribution in [0.3, 0.4) is 0 Å². The van der Waals surface area contributed by atoms with Gasteiger partial charge in [-0.2, -0.15) is 0 Å². The van der Waals surface area contributed by atoms with Crippen molar-refractivity contribution in [2.75, 3.05) is 24.5 Å². The zero-order chi connectivity index (χ0) is 21.1. The predicted octanol–water partition coefficient (Wildman–Crippen LogP) is 3.47. The van der Waals surface area contributed by atoms with Crippen LogP contribution in [0.5, 0.6) is 5.75 Å². The molecule has 1 atom stereocenters. The molecule has 3 heterocycles. The summed E-state index contributed by atoms with van der Waals surface area (Å²) in [6.45, 7) is 3.97. The quantitative estimate of drug-likeness (QED) is 0.812. The first-order valence-electron chi connectivity index (χ1n) is 10.2. The van der Waals surface area contributed by atoms with E-state index in [1.54, 1.807) is 35.5 Å².